The van der Waals surface area contributed by atoms with Gasteiger partial charge < -0.3 is 5.11 Å². The van der Waals surface area contributed by atoms with Crippen LogP contribution in [-0.2, 0) is 10.5 Å². The van der Waals surface area contributed by atoms with Crippen molar-refractivity contribution in [2.75, 3.05) is 0 Å². The SMILES string of the molecule is O=CN1N=CCC1(O)c1ccccc1. The Bertz CT molecular complexity index is 364. The average Bonchev–Trinajstić information content (AvgIpc) is 2.62. The minimum absolute atomic E-state index is 0.329. The second kappa shape index (κ2) is 3.23. The van der Waals surface area contributed by atoms with Gasteiger partial charge in [0.05, 0.1) is 0 Å². The molecule has 2 rings (SSSR count). The fourth-order valence-corrected chi connectivity index (χ4v) is 1.51. The van der Waals surface area contributed by atoms with Gasteiger partial charge >= 0.3 is 0 Å². The molecule has 0 aliphatic carbocycles. The molecule has 4 heteroatoms. The molecule has 1 amide bonds. The van der Waals surface area contributed by atoms with Crippen LogP contribution in [0.5, 0.6) is 0 Å². The standard InChI is InChI=1S/C10H10N2O2/c13-8-12-10(14,6-7-11-12)9-4-2-1-3-5-9/h1-5,7-8,14H,6H2. The highest BCUT2D eigenvalue weighted by atomic mass is 16.3. The lowest BCUT2D eigenvalue weighted by Gasteiger charge is -2.28. The lowest BCUT2D eigenvalue weighted by Crippen LogP contribution is -2.38. The zero-order valence-corrected chi connectivity index (χ0v) is 7.50. The van der Waals surface area contributed by atoms with E-state index in [1.807, 2.05) is 18.2 Å². The largest absolute Gasteiger partial charge is 0.365 e. The van der Waals surface area contributed by atoms with Crippen molar-refractivity contribution in [2.24, 2.45) is 5.10 Å². The summed E-state index contributed by atoms with van der Waals surface area (Å²) in [5.74, 6) is 0. The van der Waals surface area contributed by atoms with E-state index in [-0.39, 0.29) is 0 Å². The Morgan fingerprint density at radius 3 is 2.79 bits per heavy atom. The number of nitrogens with zero attached hydrogens (tertiary/aromatic N) is 2. The molecule has 0 fully saturated rings. The molecule has 1 N–H and O–H groups in total. The number of hydrogen-bond donors (Lipinski definition) is 1. The number of hydrazone groups is 1. The van der Waals surface area contributed by atoms with E-state index >= 15 is 0 Å². The van der Waals surface area contributed by atoms with Gasteiger partial charge in [-0.15, -0.1) is 0 Å². The van der Waals surface area contributed by atoms with Gasteiger partial charge in [-0.05, 0) is 0 Å². The van der Waals surface area contributed by atoms with Crippen LogP contribution in [0.2, 0.25) is 0 Å². The van der Waals surface area contributed by atoms with Crippen LogP contribution in [0.3, 0.4) is 0 Å². The molecule has 4 nitrogen and oxygen atoms in total. The lowest BCUT2D eigenvalue weighted by atomic mass is 10.0. The van der Waals surface area contributed by atoms with Crippen LogP contribution < -0.4 is 0 Å². The molecule has 14 heavy (non-hydrogen) atoms. The summed E-state index contributed by atoms with van der Waals surface area (Å²) in [7, 11) is 0. The van der Waals surface area contributed by atoms with Gasteiger partial charge in [-0.2, -0.15) is 10.1 Å². The molecule has 0 saturated heterocycles. The fraction of sp³-hybridized carbons (Fsp3) is 0.200. The molecule has 1 unspecified atom stereocenters. The predicted molar refractivity (Wildman–Crippen MR) is 51.4 cm³/mol. The number of carbonyl (C=O) groups is 1. The zero-order valence-electron chi connectivity index (χ0n) is 7.50. The van der Waals surface area contributed by atoms with Crippen molar-refractivity contribution in [1.29, 1.82) is 0 Å². The number of carbonyl (C=O) groups excluding carboxylic acids is 1. The monoisotopic (exact) mass is 190 g/mol. The van der Waals surface area contributed by atoms with Crippen LogP contribution in [0.4, 0.5) is 0 Å². The highest BCUT2D eigenvalue weighted by molar-refractivity contribution is 5.66. The van der Waals surface area contributed by atoms with Crippen molar-refractivity contribution in [2.45, 2.75) is 12.1 Å². The summed E-state index contributed by atoms with van der Waals surface area (Å²) >= 11 is 0. The number of benzene rings is 1. The highest BCUT2D eigenvalue weighted by Gasteiger charge is 2.38. The van der Waals surface area contributed by atoms with Crippen LogP contribution in [0.1, 0.15) is 12.0 Å². The topological polar surface area (TPSA) is 52.9 Å². The summed E-state index contributed by atoms with van der Waals surface area (Å²) in [4.78, 5) is 10.6. The summed E-state index contributed by atoms with van der Waals surface area (Å²) in [6, 6.07) is 9.02. The Balaban J connectivity index is 2.38. The molecular formula is C10H10N2O2. The van der Waals surface area contributed by atoms with E-state index in [2.05, 4.69) is 5.10 Å². The van der Waals surface area contributed by atoms with Crippen molar-refractivity contribution in [3.05, 3.63) is 35.9 Å². The summed E-state index contributed by atoms with van der Waals surface area (Å²) in [6.07, 6.45) is 2.38. The normalized spacial score (nSPS) is 25.4. The molecule has 1 aliphatic heterocycles. The van der Waals surface area contributed by atoms with Crippen molar-refractivity contribution >= 4 is 12.6 Å². The van der Waals surface area contributed by atoms with Gasteiger partial charge in [-0.1, -0.05) is 30.3 Å². The molecule has 0 radical (unpaired) electrons. The minimum atomic E-state index is -1.30. The predicted octanol–water partition coefficient (Wildman–Crippen LogP) is 0.680. The molecule has 1 aliphatic rings. The number of aliphatic hydroxyl groups is 1. The minimum Gasteiger partial charge on any atom is -0.365 e. The van der Waals surface area contributed by atoms with Crippen LogP contribution in [0.15, 0.2) is 35.4 Å². The number of amides is 1. The third-order valence-corrected chi connectivity index (χ3v) is 2.30. The first-order chi connectivity index (χ1) is 6.77. The van der Waals surface area contributed by atoms with Gasteiger partial charge in [0.25, 0.3) is 0 Å². The van der Waals surface area contributed by atoms with Crippen molar-refractivity contribution in [3.63, 3.8) is 0 Å². The number of hydrogen-bond acceptors (Lipinski definition) is 3. The summed E-state index contributed by atoms with van der Waals surface area (Å²) in [5, 5.41) is 15.0. The van der Waals surface area contributed by atoms with Gasteiger partial charge in [0.2, 0.25) is 6.41 Å². The fourth-order valence-electron chi connectivity index (χ4n) is 1.51. The van der Waals surface area contributed by atoms with E-state index in [0.717, 1.165) is 5.01 Å². The molecular weight excluding hydrogens is 180 g/mol. The lowest BCUT2D eigenvalue weighted by molar-refractivity contribution is -0.143. The first-order valence-electron chi connectivity index (χ1n) is 4.32. The van der Waals surface area contributed by atoms with E-state index in [1.54, 1.807) is 12.1 Å². The first kappa shape index (κ1) is 8.90. The van der Waals surface area contributed by atoms with Crippen LogP contribution in [-0.4, -0.2) is 22.7 Å². The summed E-state index contributed by atoms with van der Waals surface area (Å²) < 4.78 is 0. The van der Waals surface area contributed by atoms with Gasteiger partial charge in [-0.3, -0.25) is 4.79 Å². The maximum atomic E-state index is 10.6. The maximum absolute atomic E-state index is 10.6. The maximum Gasteiger partial charge on any atom is 0.232 e. The Morgan fingerprint density at radius 2 is 2.14 bits per heavy atom. The average molecular weight is 190 g/mol. The summed E-state index contributed by atoms with van der Waals surface area (Å²) in [5.41, 5.74) is -0.632. The second-order valence-corrected chi connectivity index (χ2v) is 3.13. The smallest absolute Gasteiger partial charge is 0.232 e. The molecule has 72 valence electrons. The Labute approximate surface area is 81.5 Å². The highest BCUT2D eigenvalue weighted by Crippen LogP contribution is 2.31. The van der Waals surface area contributed by atoms with Crippen molar-refractivity contribution in [3.8, 4) is 0 Å². The van der Waals surface area contributed by atoms with Gasteiger partial charge in [0.1, 0.15) is 0 Å². The molecule has 0 aromatic heterocycles. The van der Waals surface area contributed by atoms with Gasteiger partial charge in [0, 0.05) is 18.2 Å². The zero-order chi connectivity index (χ0) is 10.0. The van der Waals surface area contributed by atoms with E-state index < -0.39 is 5.72 Å². The second-order valence-electron chi connectivity index (χ2n) is 3.13. The van der Waals surface area contributed by atoms with E-state index in [0.29, 0.717) is 18.4 Å². The molecule has 0 bridgehead atoms. The molecule has 1 aromatic rings. The van der Waals surface area contributed by atoms with Crippen molar-refractivity contribution in [1.82, 2.24) is 5.01 Å². The Morgan fingerprint density at radius 1 is 1.43 bits per heavy atom. The van der Waals surface area contributed by atoms with E-state index in [9.17, 15) is 9.90 Å². The summed E-state index contributed by atoms with van der Waals surface area (Å²) in [6.45, 7) is 0. The molecule has 0 spiro atoms. The first-order valence-corrected chi connectivity index (χ1v) is 4.32. The van der Waals surface area contributed by atoms with E-state index in [4.69, 9.17) is 0 Å². The third-order valence-electron chi connectivity index (χ3n) is 2.30. The number of rotatable bonds is 2. The molecule has 1 atom stereocenters. The van der Waals surface area contributed by atoms with Gasteiger partial charge in [-0.25, -0.2) is 0 Å². The molecule has 0 saturated carbocycles. The quantitative estimate of drug-likeness (QED) is 0.697. The third kappa shape index (κ3) is 1.20. The van der Waals surface area contributed by atoms with Crippen LogP contribution in [0.25, 0.3) is 0 Å². The van der Waals surface area contributed by atoms with Crippen LogP contribution >= 0.6 is 0 Å². The van der Waals surface area contributed by atoms with Crippen molar-refractivity contribution < 1.29 is 9.90 Å². The Kier molecular flexibility index (Phi) is 2.05. The Hall–Kier alpha value is -1.68. The molecule has 1 aromatic carbocycles. The molecule has 1 heterocycles. The van der Waals surface area contributed by atoms with Gasteiger partial charge in [0.15, 0.2) is 5.72 Å². The van der Waals surface area contributed by atoms with E-state index in [1.165, 1.54) is 6.21 Å². The van der Waals surface area contributed by atoms with Crippen LogP contribution in [0, 0.1) is 0 Å².